The summed E-state index contributed by atoms with van der Waals surface area (Å²) in [7, 11) is 0. The summed E-state index contributed by atoms with van der Waals surface area (Å²) >= 11 is 0. The molecule has 7 aromatic carbocycles. The van der Waals surface area contributed by atoms with Gasteiger partial charge in [-0.1, -0.05) is 91.0 Å². The highest BCUT2D eigenvalue weighted by Gasteiger charge is 2.33. The van der Waals surface area contributed by atoms with E-state index in [1.165, 1.54) is 18.2 Å². The average Bonchev–Trinajstić information content (AvgIpc) is 3.32. The van der Waals surface area contributed by atoms with Crippen molar-refractivity contribution in [2.75, 3.05) is 0 Å². The van der Waals surface area contributed by atoms with Crippen molar-refractivity contribution >= 4 is 33.1 Å². The van der Waals surface area contributed by atoms with Gasteiger partial charge in [0.05, 0.1) is 84.0 Å². The molecule has 0 unspecified atom stereocenters. The molecule has 0 bridgehead atoms. The number of halogens is 9. The zero-order valence-corrected chi connectivity index (χ0v) is 33.7. The number of alkyl halides is 9. The van der Waals surface area contributed by atoms with Crippen molar-refractivity contribution in [2.45, 2.75) is 18.5 Å². The molecule has 6 nitrogen and oxygen atoms in total. The maximum absolute atomic E-state index is 14.1. The fourth-order valence-corrected chi connectivity index (χ4v) is 7.73. The largest absolute Gasteiger partial charge is 0.416 e. The summed E-state index contributed by atoms with van der Waals surface area (Å²) in [5.41, 5.74) is 0.675. The molecule has 0 fully saturated rings. The standard InChI is InChI=1S/C51H27F9N6/c52-49(53,54)34-16-19-37-40(25-34)64-46(43(61-37)28-10-4-1-5-11-28)31-22-32(47-44(29-12-6-2-7-13-29)62-38-20-17-35(50(55,56)57)26-41(38)65-47)24-33(23-31)48-45(30-14-8-3-9-15-30)63-39-21-18-36(51(58,59)60)27-42(39)66-48/h1-27H. The van der Waals surface area contributed by atoms with Crippen molar-refractivity contribution in [3.8, 4) is 67.5 Å². The molecule has 0 N–H and O–H groups in total. The molecule has 15 heteroatoms. The zero-order valence-electron chi connectivity index (χ0n) is 33.7. The van der Waals surface area contributed by atoms with Gasteiger partial charge in [0.25, 0.3) is 0 Å². The van der Waals surface area contributed by atoms with E-state index >= 15 is 0 Å². The van der Waals surface area contributed by atoms with E-state index in [4.69, 9.17) is 29.9 Å². The molecular formula is C51H27F9N6. The highest BCUT2D eigenvalue weighted by atomic mass is 19.4. The minimum absolute atomic E-state index is 0.0971. The van der Waals surface area contributed by atoms with Crippen LogP contribution in [0.25, 0.3) is 101 Å². The summed E-state index contributed by atoms with van der Waals surface area (Å²) in [4.78, 5) is 28.9. The van der Waals surface area contributed by atoms with Gasteiger partial charge < -0.3 is 0 Å². The number of rotatable bonds is 6. The minimum Gasteiger partial charge on any atom is -0.244 e. The topological polar surface area (TPSA) is 77.3 Å². The van der Waals surface area contributed by atoms with Crippen molar-refractivity contribution < 1.29 is 39.5 Å². The van der Waals surface area contributed by atoms with Gasteiger partial charge in [-0.3, -0.25) is 0 Å². The van der Waals surface area contributed by atoms with Gasteiger partial charge in [0.2, 0.25) is 0 Å². The van der Waals surface area contributed by atoms with Crippen LogP contribution in [0.3, 0.4) is 0 Å². The first-order chi connectivity index (χ1) is 31.6. The maximum atomic E-state index is 14.1. The van der Waals surface area contributed by atoms with Gasteiger partial charge in [0.15, 0.2) is 0 Å². The smallest absolute Gasteiger partial charge is 0.244 e. The molecule has 0 spiro atoms. The van der Waals surface area contributed by atoms with Crippen LogP contribution in [-0.4, -0.2) is 29.9 Å². The lowest BCUT2D eigenvalue weighted by Gasteiger charge is -2.17. The fourth-order valence-electron chi connectivity index (χ4n) is 7.73. The number of benzene rings is 7. The van der Waals surface area contributed by atoms with Gasteiger partial charge in [-0.25, -0.2) is 29.9 Å². The van der Waals surface area contributed by atoms with Crippen LogP contribution in [0.1, 0.15) is 16.7 Å². The van der Waals surface area contributed by atoms with Gasteiger partial charge in [-0.05, 0) is 72.8 Å². The van der Waals surface area contributed by atoms with Crippen LogP contribution in [0.2, 0.25) is 0 Å². The van der Waals surface area contributed by atoms with Crippen molar-refractivity contribution in [1.29, 1.82) is 0 Å². The second-order valence-electron chi connectivity index (χ2n) is 15.3. The molecular weight excluding hydrogens is 868 g/mol. The third-order valence-corrected chi connectivity index (χ3v) is 10.9. The number of hydrogen-bond acceptors (Lipinski definition) is 6. The molecule has 0 aliphatic heterocycles. The first-order valence-corrected chi connectivity index (χ1v) is 20.1. The Hall–Kier alpha value is -8.07. The number of hydrogen-bond donors (Lipinski definition) is 0. The van der Waals surface area contributed by atoms with Gasteiger partial charge in [-0.15, -0.1) is 0 Å². The summed E-state index contributed by atoms with van der Waals surface area (Å²) in [6, 6.07) is 40.2. The van der Waals surface area contributed by atoms with Crippen LogP contribution in [0, 0.1) is 0 Å². The number of nitrogens with zero attached hydrogens (tertiary/aromatic N) is 6. The molecule has 0 aliphatic rings. The van der Waals surface area contributed by atoms with E-state index in [0.29, 0.717) is 16.7 Å². The van der Waals surface area contributed by atoms with E-state index in [-0.39, 0.29) is 84.0 Å². The molecule has 0 radical (unpaired) electrons. The Morgan fingerprint density at radius 1 is 0.227 bits per heavy atom. The Bertz CT molecular complexity index is 3110. The summed E-state index contributed by atoms with van der Waals surface area (Å²) in [6.45, 7) is 0. The van der Waals surface area contributed by atoms with E-state index in [1.54, 1.807) is 109 Å². The van der Waals surface area contributed by atoms with Crippen LogP contribution in [0.15, 0.2) is 164 Å². The number of aromatic nitrogens is 6. The lowest BCUT2D eigenvalue weighted by Crippen LogP contribution is -2.06. The fraction of sp³-hybridized carbons (Fsp3) is 0.0588. The number of fused-ring (bicyclic) bond motifs is 3. The predicted octanol–water partition coefficient (Wildman–Crippen LogP) is 14.6. The molecule has 10 rings (SSSR count). The Morgan fingerprint density at radius 3 is 0.697 bits per heavy atom. The van der Waals surface area contributed by atoms with Gasteiger partial charge in [0.1, 0.15) is 0 Å². The Balaban J connectivity index is 1.34. The Kier molecular flexibility index (Phi) is 10.1. The van der Waals surface area contributed by atoms with Crippen LogP contribution < -0.4 is 0 Å². The Morgan fingerprint density at radius 2 is 0.455 bits per heavy atom. The average molecular weight is 895 g/mol. The van der Waals surface area contributed by atoms with Crippen molar-refractivity contribution in [1.82, 2.24) is 29.9 Å². The van der Waals surface area contributed by atoms with E-state index < -0.39 is 35.2 Å². The molecule has 3 aromatic heterocycles. The highest BCUT2D eigenvalue weighted by Crippen LogP contribution is 2.43. The first-order valence-electron chi connectivity index (χ1n) is 20.1. The molecule has 10 aromatic rings. The molecule has 0 aliphatic carbocycles. The minimum atomic E-state index is -4.72. The molecule has 66 heavy (non-hydrogen) atoms. The second kappa shape index (κ2) is 15.9. The van der Waals surface area contributed by atoms with Crippen LogP contribution in [0.5, 0.6) is 0 Å². The van der Waals surface area contributed by atoms with Crippen molar-refractivity contribution in [3.05, 3.63) is 180 Å². The molecule has 324 valence electrons. The van der Waals surface area contributed by atoms with E-state index in [1.807, 2.05) is 0 Å². The third kappa shape index (κ3) is 8.03. The van der Waals surface area contributed by atoms with Crippen molar-refractivity contribution in [2.24, 2.45) is 0 Å². The highest BCUT2D eigenvalue weighted by molar-refractivity contribution is 5.95. The van der Waals surface area contributed by atoms with Gasteiger partial charge >= 0.3 is 18.5 Å². The van der Waals surface area contributed by atoms with Crippen LogP contribution in [-0.2, 0) is 18.5 Å². The predicted molar refractivity (Wildman–Crippen MR) is 233 cm³/mol. The molecule has 0 amide bonds. The van der Waals surface area contributed by atoms with E-state index in [9.17, 15) is 39.5 Å². The van der Waals surface area contributed by atoms with Crippen LogP contribution >= 0.6 is 0 Å². The maximum Gasteiger partial charge on any atom is 0.416 e. The first kappa shape index (κ1) is 41.9. The summed E-state index contributed by atoms with van der Waals surface area (Å²) < 4.78 is 127. The zero-order chi connectivity index (χ0) is 46.0. The van der Waals surface area contributed by atoms with Gasteiger partial charge in [0, 0.05) is 33.4 Å². The lowest BCUT2D eigenvalue weighted by atomic mass is 9.93. The molecule has 3 heterocycles. The van der Waals surface area contributed by atoms with Crippen molar-refractivity contribution in [3.63, 3.8) is 0 Å². The second-order valence-corrected chi connectivity index (χ2v) is 15.3. The van der Waals surface area contributed by atoms with E-state index in [2.05, 4.69) is 0 Å². The molecule has 0 saturated carbocycles. The lowest BCUT2D eigenvalue weighted by molar-refractivity contribution is -0.138. The summed E-state index contributed by atoms with van der Waals surface area (Å²) in [6.07, 6.45) is -14.2. The Labute approximate surface area is 368 Å². The quantitative estimate of drug-likeness (QED) is 0.155. The van der Waals surface area contributed by atoms with E-state index in [0.717, 1.165) is 36.4 Å². The van der Waals surface area contributed by atoms with Gasteiger partial charge in [-0.2, -0.15) is 39.5 Å². The normalized spacial score (nSPS) is 12.3. The molecule has 0 atom stereocenters. The third-order valence-electron chi connectivity index (χ3n) is 10.9. The monoisotopic (exact) mass is 894 g/mol. The summed E-state index contributed by atoms with van der Waals surface area (Å²) in [5.74, 6) is 0. The summed E-state index contributed by atoms with van der Waals surface area (Å²) in [5, 5.41) is 0. The van der Waals surface area contributed by atoms with Crippen LogP contribution in [0.4, 0.5) is 39.5 Å². The SMILES string of the molecule is FC(F)(F)c1ccc2nc(-c3ccccc3)c(-c3cc(-c4nc5cc(C(F)(F)F)ccc5nc4-c4ccccc4)cc(-c4nc5cc(C(F)(F)F)ccc5nc4-c4ccccc4)c3)nc2c1. The molecule has 0 saturated heterocycles.